The van der Waals surface area contributed by atoms with E-state index in [2.05, 4.69) is 24.8 Å². The number of benzene rings is 2. The molecule has 0 amide bonds. The van der Waals surface area contributed by atoms with Crippen molar-refractivity contribution >= 4 is 22.4 Å². The standard InChI is InChI=1S/C22H21F6N3O4/c1-22(27,28)13-2-4-14(5-3-13)31-19-15-10-17(32-6-8-34-20(23)24)18(11-16(15)29-12-30-19)33-7-9-35-21(25)26/h2-5,10-12,20-21H,6-9H2,1H3,(H,29,30,31). The third-order valence-corrected chi connectivity index (χ3v) is 4.52. The van der Waals surface area contributed by atoms with Gasteiger partial charge in [-0.15, -0.1) is 0 Å². The van der Waals surface area contributed by atoms with Crippen LogP contribution in [0.25, 0.3) is 10.9 Å². The van der Waals surface area contributed by atoms with E-state index in [0.29, 0.717) is 22.4 Å². The van der Waals surface area contributed by atoms with Crippen LogP contribution in [0, 0.1) is 0 Å². The van der Waals surface area contributed by atoms with Gasteiger partial charge in [-0.25, -0.2) is 18.7 Å². The lowest BCUT2D eigenvalue weighted by atomic mass is 10.1. The zero-order chi connectivity index (χ0) is 25.4. The highest BCUT2D eigenvalue weighted by atomic mass is 19.3. The summed E-state index contributed by atoms with van der Waals surface area (Å²) in [5.41, 5.74) is 0.686. The first-order chi connectivity index (χ1) is 16.6. The van der Waals surface area contributed by atoms with E-state index in [-0.39, 0.29) is 30.3 Å². The van der Waals surface area contributed by atoms with Crippen molar-refractivity contribution in [2.75, 3.05) is 31.7 Å². The molecular formula is C22H21F6N3O4. The van der Waals surface area contributed by atoms with Crippen molar-refractivity contribution in [3.8, 4) is 11.5 Å². The fourth-order valence-electron chi connectivity index (χ4n) is 2.95. The van der Waals surface area contributed by atoms with E-state index in [0.717, 1.165) is 6.92 Å². The van der Waals surface area contributed by atoms with Crippen molar-refractivity contribution < 1.29 is 45.3 Å². The van der Waals surface area contributed by atoms with Gasteiger partial charge in [0.1, 0.15) is 25.4 Å². The smallest absolute Gasteiger partial charge is 0.345 e. The highest BCUT2D eigenvalue weighted by Crippen LogP contribution is 2.35. The van der Waals surface area contributed by atoms with E-state index in [1.807, 2.05) is 0 Å². The normalized spacial score (nSPS) is 11.9. The number of anilines is 2. The Morgan fingerprint density at radius 2 is 1.40 bits per heavy atom. The molecule has 3 aromatic rings. The molecule has 13 heteroatoms. The number of aromatic nitrogens is 2. The molecule has 1 heterocycles. The molecular weight excluding hydrogens is 484 g/mol. The SMILES string of the molecule is CC(F)(F)c1ccc(Nc2ncnc3cc(OCCOC(F)F)c(OCCOC(F)F)cc23)cc1. The maximum Gasteiger partial charge on any atom is 0.345 e. The van der Waals surface area contributed by atoms with Gasteiger partial charge in [0.15, 0.2) is 11.5 Å². The van der Waals surface area contributed by atoms with Gasteiger partial charge >= 0.3 is 13.2 Å². The number of halogens is 6. The van der Waals surface area contributed by atoms with Gasteiger partial charge in [0.2, 0.25) is 0 Å². The maximum absolute atomic E-state index is 13.5. The number of rotatable bonds is 13. The minimum Gasteiger partial charge on any atom is -0.487 e. The molecule has 0 unspecified atom stereocenters. The van der Waals surface area contributed by atoms with Crippen molar-refractivity contribution in [2.24, 2.45) is 0 Å². The number of ether oxygens (including phenoxy) is 4. The van der Waals surface area contributed by atoms with Crippen LogP contribution >= 0.6 is 0 Å². The zero-order valence-corrected chi connectivity index (χ0v) is 18.3. The fraction of sp³-hybridized carbons (Fsp3) is 0.364. The predicted octanol–water partition coefficient (Wildman–Crippen LogP) is 5.72. The highest BCUT2D eigenvalue weighted by Gasteiger charge is 2.23. The number of hydrogen-bond acceptors (Lipinski definition) is 7. The maximum atomic E-state index is 13.5. The van der Waals surface area contributed by atoms with Gasteiger partial charge in [-0.05, 0) is 18.2 Å². The summed E-state index contributed by atoms with van der Waals surface area (Å²) in [4.78, 5) is 8.31. The average Bonchev–Trinajstić information content (AvgIpc) is 2.79. The van der Waals surface area contributed by atoms with Gasteiger partial charge in [-0.3, -0.25) is 0 Å². The van der Waals surface area contributed by atoms with Crippen LogP contribution in [-0.4, -0.2) is 49.6 Å². The fourth-order valence-corrected chi connectivity index (χ4v) is 2.95. The first-order valence-electron chi connectivity index (χ1n) is 10.2. The zero-order valence-electron chi connectivity index (χ0n) is 18.3. The van der Waals surface area contributed by atoms with Crippen LogP contribution in [0.2, 0.25) is 0 Å². The van der Waals surface area contributed by atoms with E-state index in [1.165, 1.54) is 42.7 Å². The molecule has 0 aliphatic carbocycles. The van der Waals surface area contributed by atoms with Crippen LogP contribution in [0.3, 0.4) is 0 Å². The average molecular weight is 505 g/mol. The van der Waals surface area contributed by atoms with Crippen LogP contribution in [0.15, 0.2) is 42.7 Å². The number of nitrogens with one attached hydrogen (secondary N) is 1. The molecule has 35 heavy (non-hydrogen) atoms. The molecule has 0 fully saturated rings. The van der Waals surface area contributed by atoms with E-state index < -0.39 is 32.4 Å². The van der Waals surface area contributed by atoms with Gasteiger partial charge in [0.05, 0.1) is 18.7 Å². The summed E-state index contributed by atoms with van der Waals surface area (Å²) in [5, 5.41) is 3.43. The summed E-state index contributed by atoms with van der Waals surface area (Å²) < 4.78 is 95.0. The molecule has 0 saturated heterocycles. The van der Waals surface area contributed by atoms with Crippen LogP contribution in [-0.2, 0) is 15.4 Å². The predicted molar refractivity (Wildman–Crippen MR) is 114 cm³/mol. The monoisotopic (exact) mass is 505 g/mol. The quantitative estimate of drug-likeness (QED) is 0.235. The summed E-state index contributed by atoms with van der Waals surface area (Å²) in [5.74, 6) is -2.50. The van der Waals surface area contributed by atoms with Gasteiger partial charge in [0, 0.05) is 29.6 Å². The van der Waals surface area contributed by atoms with Gasteiger partial charge in [0.25, 0.3) is 5.92 Å². The third-order valence-electron chi connectivity index (χ3n) is 4.52. The molecule has 0 saturated carbocycles. The second kappa shape index (κ2) is 11.9. The Morgan fingerprint density at radius 1 is 0.829 bits per heavy atom. The first kappa shape index (κ1) is 26.3. The molecule has 190 valence electrons. The minimum absolute atomic E-state index is 0.0891. The Kier molecular flexibility index (Phi) is 8.93. The van der Waals surface area contributed by atoms with E-state index in [4.69, 9.17) is 9.47 Å². The van der Waals surface area contributed by atoms with Crippen LogP contribution in [0.1, 0.15) is 12.5 Å². The van der Waals surface area contributed by atoms with Crippen molar-refractivity contribution in [1.82, 2.24) is 9.97 Å². The van der Waals surface area contributed by atoms with Gasteiger partial charge < -0.3 is 24.3 Å². The molecule has 0 aliphatic rings. The van der Waals surface area contributed by atoms with E-state index >= 15 is 0 Å². The Hall–Kier alpha value is -3.32. The van der Waals surface area contributed by atoms with Crippen LogP contribution in [0.5, 0.6) is 11.5 Å². The Balaban J connectivity index is 1.85. The number of alkyl halides is 6. The van der Waals surface area contributed by atoms with Crippen LogP contribution < -0.4 is 14.8 Å². The van der Waals surface area contributed by atoms with Crippen molar-refractivity contribution in [2.45, 2.75) is 26.1 Å². The first-order valence-corrected chi connectivity index (χ1v) is 10.2. The lowest BCUT2D eigenvalue weighted by molar-refractivity contribution is -0.134. The van der Waals surface area contributed by atoms with Crippen molar-refractivity contribution in [3.63, 3.8) is 0 Å². The van der Waals surface area contributed by atoms with E-state index in [9.17, 15) is 26.3 Å². The molecule has 0 atom stereocenters. The molecule has 1 aromatic heterocycles. The largest absolute Gasteiger partial charge is 0.487 e. The summed E-state index contributed by atoms with van der Waals surface area (Å²) >= 11 is 0. The Bertz CT molecular complexity index is 1100. The van der Waals surface area contributed by atoms with E-state index in [1.54, 1.807) is 0 Å². The second-order valence-corrected chi connectivity index (χ2v) is 7.09. The van der Waals surface area contributed by atoms with Gasteiger partial charge in [-0.2, -0.15) is 17.6 Å². The molecule has 0 aliphatic heterocycles. The Morgan fingerprint density at radius 3 is 1.94 bits per heavy atom. The highest BCUT2D eigenvalue weighted by molar-refractivity contribution is 5.93. The number of fused-ring (bicyclic) bond motifs is 1. The molecule has 7 nitrogen and oxygen atoms in total. The molecule has 2 aromatic carbocycles. The lowest BCUT2D eigenvalue weighted by Crippen LogP contribution is -2.12. The molecule has 0 spiro atoms. The molecule has 0 radical (unpaired) electrons. The second-order valence-electron chi connectivity index (χ2n) is 7.09. The molecule has 3 rings (SSSR count). The molecule has 0 bridgehead atoms. The number of nitrogens with zero attached hydrogens (tertiary/aromatic N) is 2. The van der Waals surface area contributed by atoms with Gasteiger partial charge in [-0.1, -0.05) is 12.1 Å². The number of hydrogen-bond donors (Lipinski definition) is 1. The summed E-state index contributed by atoms with van der Waals surface area (Å²) in [7, 11) is 0. The minimum atomic E-state index is -2.99. The lowest BCUT2D eigenvalue weighted by Gasteiger charge is -2.16. The summed E-state index contributed by atoms with van der Waals surface area (Å²) in [6.07, 6.45) is 1.25. The summed E-state index contributed by atoms with van der Waals surface area (Å²) in [6, 6.07) is 8.39. The third kappa shape index (κ3) is 7.86. The Labute approximate surface area is 196 Å². The van der Waals surface area contributed by atoms with Crippen LogP contribution in [0.4, 0.5) is 37.8 Å². The topological polar surface area (TPSA) is 74.7 Å². The van der Waals surface area contributed by atoms with Crippen molar-refractivity contribution in [3.05, 3.63) is 48.3 Å². The molecule has 1 N–H and O–H groups in total. The summed E-state index contributed by atoms with van der Waals surface area (Å²) in [6.45, 7) is -6.48. The van der Waals surface area contributed by atoms with Crippen molar-refractivity contribution in [1.29, 1.82) is 0 Å².